The molecule has 6 nitrogen and oxygen atoms in total. The average molecular weight is 321 g/mol. The topological polar surface area (TPSA) is 89.3 Å². The molecular formula is C12H17ClN2O4S. The van der Waals surface area contributed by atoms with Crippen LogP contribution in [0.1, 0.15) is 27.2 Å². The van der Waals surface area contributed by atoms with Gasteiger partial charge >= 0.3 is 0 Å². The van der Waals surface area contributed by atoms with Crippen molar-refractivity contribution in [1.82, 2.24) is 4.72 Å². The smallest absolute Gasteiger partial charge is 0.258 e. The second-order valence-corrected chi connectivity index (χ2v) is 7.72. The van der Waals surface area contributed by atoms with Crippen LogP contribution < -0.4 is 4.72 Å². The minimum Gasteiger partial charge on any atom is -0.258 e. The first-order valence-corrected chi connectivity index (χ1v) is 7.83. The molecule has 0 atom stereocenters. The third-order valence-electron chi connectivity index (χ3n) is 2.58. The minimum atomic E-state index is -3.86. The lowest BCUT2D eigenvalue weighted by molar-refractivity contribution is -0.385. The van der Waals surface area contributed by atoms with Crippen molar-refractivity contribution in [2.75, 3.05) is 6.54 Å². The first-order valence-electron chi connectivity index (χ1n) is 5.96. The molecule has 0 saturated carbocycles. The number of halogens is 1. The van der Waals surface area contributed by atoms with Gasteiger partial charge in [0.15, 0.2) is 0 Å². The number of benzene rings is 1. The number of hydrogen-bond donors (Lipinski definition) is 1. The summed E-state index contributed by atoms with van der Waals surface area (Å²) in [6, 6.07) is 3.33. The molecule has 0 fully saturated rings. The summed E-state index contributed by atoms with van der Waals surface area (Å²) < 4.78 is 26.6. The highest BCUT2D eigenvalue weighted by molar-refractivity contribution is 7.89. The van der Waals surface area contributed by atoms with Gasteiger partial charge in [0.1, 0.15) is 4.90 Å². The minimum absolute atomic E-state index is 0.0189. The lowest BCUT2D eigenvalue weighted by Gasteiger charge is -2.18. The van der Waals surface area contributed by atoms with E-state index in [1.54, 1.807) is 0 Å². The van der Waals surface area contributed by atoms with E-state index in [9.17, 15) is 18.5 Å². The maximum atomic E-state index is 12.1. The van der Waals surface area contributed by atoms with E-state index in [1.807, 2.05) is 20.8 Å². The molecule has 0 aliphatic heterocycles. The van der Waals surface area contributed by atoms with Gasteiger partial charge in [-0.05, 0) is 17.9 Å². The maximum Gasteiger partial charge on any atom is 0.270 e. The Morgan fingerprint density at radius 3 is 2.45 bits per heavy atom. The summed E-state index contributed by atoms with van der Waals surface area (Å²) in [6.45, 7) is 6.20. The molecule has 0 aliphatic carbocycles. The quantitative estimate of drug-likeness (QED) is 0.667. The molecule has 20 heavy (non-hydrogen) atoms. The second-order valence-electron chi connectivity index (χ2n) is 5.58. The molecular weight excluding hydrogens is 304 g/mol. The van der Waals surface area contributed by atoms with Gasteiger partial charge in [0.2, 0.25) is 10.0 Å². The molecule has 0 amide bonds. The summed E-state index contributed by atoms with van der Waals surface area (Å²) in [5.41, 5.74) is -0.333. The van der Waals surface area contributed by atoms with Crippen molar-refractivity contribution in [3.8, 4) is 0 Å². The van der Waals surface area contributed by atoms with Crippen molar-refractivity contribution >= 4 is 27.3 Å². The van der Waals surface area contributed by atoms with E-state index >= 15 is 0 Å². The Morgan fingerprint density at radius 1 is 1.35 bits per heavy atom. The summed E-state index contributed by atoms with van der Waals surface area (Å²) in [4.78, 5) is 9.75. The Morgan fingerprint density at radius 2 is 1.95 bits per heavy atom. The van der Waals surface area contributed by atoms with Gasteiger partial charge in [-0.2, -0.15) is 0 Å². The first kappa shape index (κ1) is 16.9. The normalized spacial score (nSPS) is 12.4. The van der Waals surface area contributed by atoms with E-state index in [2.05, 4.69) is 4.72 Å². The molecule has 1 rings (SSSR count). The predicted octanol–water partition coefficient (Wildman–Crippen LogP) is 2.96. The van der Waals surface area contributed by atoms with E-state index in [-0.39, 0.29) is 27.6 Å². The summed E-state index contributed by atoms with van der Waals surface area (Å²) >= 11 is 5.81. The highest BCUT2D eigenvalue weighted by atomic mass is 35.5. The summed E-state index contributed by atoms with van der Waals surface area (Å²) in [5.74, 6) is 0. The number of non-ortho nitro benzene ring substituents is 1. The first-order chi connectivity index (χ1) is 9.03. The fraction of sp³-hybridized carbons (Fsp3) is 0.500. The monoisotopic (exact) mass is 320 g/mol. The number of nitrogens with one attached hydrogen (secondary N) is 1. The van der Waals surface area contributed by atoms with E-state index < -0.39 is 14.9 Å². The van der Waals surface area contributed by atoms with Crippen molar-refractivity contribution in [3.63, 3.8) is 0 Å². The van der Waals surface area contributed by atoms with E-state index in [4.69, 9.17) is 11.6 Å². The fourth-order valence-electron chi connectivity index (χ4n) is 1.45. The molecule has 0 unspecified atom stereocenters. The number of rotatable bonds is 5. The number of nitro benzene ring substituents is 1. The van der Waals surface area contributed by atoms with Crippen LogP contribution in [-0.2, 0) is 10.0 Å². The molecule has 1 N–H and O–H groups in total. The molecule has 0 bridgehead atoms. The zero-order valence-electron chi connectivity index (χ0n) is 11.5. The van der Waals surface area contributed by atoms with Crippen LogP contribution in [0.25, 0.3) is 0 Å². The maximum absolute atomic E-state index is 12.1. The Kier molecular flexibility index (Phi) is 5.12. The molecule has 0 spiro atoms. The Labute approximate surface area is 123 Å². The third-order valence-corrected chi connectivity index (χ3v) is 4.52. The predicted molar refractivity (Wildman–Crippen MR) is 77.4 cm³/mol. The zero-order valence-corrected chi connectivity index (χ0v) is 13.1. The molecule has 1 aromatic carbocycles. The lowest BCUT2D eigenvalue weighted by atomic mass is 9.93. The summed E-state index contributed by atoms with van der Waals surface area (Å²) in [6.07, 6.45) is 0.638. The van der Waals surface area contributed by atoms with Crippen LogP contribution in [0.4, 0.5) is 5.69 Å². The molecule has 0 heterocycles. The Bertz CT molecular complexity index is 608. The van der Waals surface area contributed by atoms with Gasteiger partial charge < -0.3 is 0 Å². The van der Waals surface area contributed by atoms with Crippen LogP contribution in [0, 0.1) is 15.5 Å². The van der Waals surface area contributed by atoms with Crippen molar-refractivity contribution in [2.24, 2.45) is 5.41 Å². The van der Waals surface area contributed by atoms with Crippen molar-refractivity contribution in [1.29, 1.82) is 0 Å². The molecule has 1 aromatic rings. The van der Waals surface area contributed by atoms with E-state index in [1.165, 1.54) is 6.07 Å². The SMILES string of the molecule is CC(C)(C)CCNS(=O)(=O)c1cc([N+](=O)[O-])ccc1Cl. The standard InChI is InChI=1S/C12H17ClN2O4S/c1-12(2,3)6-7-14-20(18,19)11-8-9(15(16)17)4-5-10(11)13/h4-5,8,14H,6-7H2,1-3H3. The van der Waals surface area contributed by atoms with Gasteiger partial charge in [0, 0.05) is 18.7 Å². The van der Waals surface area contributed by atoms with Crippen molar-refractivity contribution < 1.29 is 13.3 Å². The molecule has 0 aliphatic rings. The number of nitro groups is 1. The Hall–Kier alpha value is -1.18. The van der Waals surface area contributed by atoms with Crippen molar-refractivity contribution in [3.05, 3.63) is 33.3 Å². The number of nitrogens with zero attached hydrogens (tertiary/aromatic N) is 1. The van der Waals surface area contributed by atoms with E-state index in [0.29, 0.717) is 6.42 Å². The van der Waals surface area contributed by atoms with Gasteiger partial charge in [-0.15, -0.1) is 0 Å². The van der Waals surface area contributed by atoms with Crippen LogP contribution in [0.5, 0.6) is 0 Å². The lowest BCUT2D eigenvalue weighted by Crippen LogP contribution is -2.27. The van der Waals surface area contributed by atoms with Crippen LogP contribution in [-0.4, -0.2) is 19.9 Å². The van der Waals surface area contributed by atoms with Gasteiger partial charge in [0.05, 0.1) is 9.95 Å². The average Bonchev–Trinajstić information content (AvgIpc) is 2.26. The van der Waals surface area contributed by atoms with Crippen LogP contribution in [0.15, 0.2) is 23.1 Å². The molecule has 112 valence electrons. The largest absolute Gasteiger partial charge is 0.270 e. The van der Waals surface area contributed by atoms with Crippen LogP contribution >= 0.6 is 11.6 Å². The summed E-state index contributed by atoms with van der Waals surface area (Å²) in [7, 11) is -3.86. The number of sulfonamides is 1. The Balaban J connectivity index is 2.97. The van der Waals surface area contributed by atoms with E-state index in [0.717, 1.165) is 12.1 Å². The van der Waals surface area contributed by atoms with Crippen LogP contribution in [0.2, 0.25) is 5.02 Å². The molecule has 8 heteroatoms. The van der Waals surface area contributed by atoms with Crippen molar-refractivity contribution in [2.45, 2.75) is 32.1 Å². The molecule has 0 aromatic heterocycles. The van der Waals surface area contributed by atoms with Gasteiger partial charge in [0.25, 0.3) is 5.69 Å². The second kappa shape index (κ2) is 6.07. The highest BCUT2D eigenvalue weighted by Crippen LogP contribution is 2.26. The van der Waals surface area contributed by atoms with Gasteiger partial charge in [-0.3, -0.25) is 10.1 Å². The van der Waals surface area contributed by atoms with Gasteiger partial charge in [-0.1, -0.05) is 32.4 Å². The molecule has 0 saturated heterocycles. The fourth-order valence-corrected chi connectivity index (χ4v) is 3.00. The molecule has 0 radical (unpaired) electrons. The van der Waals surface area contributed by atoms with Crippen LogP contribution in [0.3, 0.4) is 0 Å². The van der Waals surface area contributed by atoms with Gasteiger partial charge in [-0.25, -0.2) is 13.1 Å². The highest BCUT2D eigenvalue weighted by Gasteiger charge is 2.22. The zero-order chi connectivity index (χ0) is 15.6. The number of hydrogen-bond acceptors (Lipinski definition) is 4. The third kappa shape index (κ3) is 4.73. The summed E-state index contributed by atoms with van der Waals surface area (Å²) in [5, 5.41) is 10.6.